The number of nitrogens with zero attached hydrogens (tertiary/aromatic N) is 2. The second-order valence-electron chi connectivity index (χ2n) is 12.4. The van der Waals surface area contributed by atoms with Crippen molar-refractivity contribution in [3.05, 3.63) is 170 Å². The first-order chi connectivity index (χ1) is 23.8. The Balaban J connectivity index is 1.03. The minimum absolute atomic E-state index is 0.916. The fourth-order valence-corrected chi connectivity index (χ4v) is 7.26. The van der Waals surface area contributed by atoms with E-state index >= 15 is 0 Å². The van der Waals surface area contributed by atoms with Gasteiger partial charge < -0.3 is 8.98 Å². The summed E-state index contributed by atoms with van der Waals surface area (Å²) >= 11 is 0. The first-order valence-corrected chi connectivity index (χ1v) is 16.3. The average molecular weight is 613 g/mol. The minimum Gasteiger partial charge on any atom is -0.455 e. The van der Waals surface area contributed by atoms with Crippen LogP contribution >= 0.6 is 0 Å². The lowest BCUT2D eigenvalue weighted by Crippen LogP contribution is -1.93. The van der Waals surface area contributed by atoms with E-state index in [0.29, 0.717) is 0 Å². The van der Waals surface area contributed by atoms with Gasteiger partial charge >= 0.3 is 0 Å². The van der Waals surface area contributed by atoms with E-state index in [9.17, 15) is 0 Å². The number of aromatic nitrogens is 2. The van der Waals surface area contributed by atoms with Gasteiger partial charge in [-0.2, -0.15) is 0 Å². The van der Waals surface area contributed by atoms with Crippen molar-refractivity contribution in [1.29, 1.82) is 0 Å². The zero-order chi connectivity index (χ0) is 31.6. The Hall–Kier alpha value is -6.45. The number of pyridine rings is 1. The Morgan fingerprint density at radius 1 is 0.438 bits per heavy atom. The van der Waals surface area contributed by atoms with Crippen LogP contribution in [0.1, 0.15) is 0 Å². The number of furan rings is 1. The van der Waals surface area contributed by atoms with Gasteiger partial charge in [-0.05, 0) is 65.2 Å². The highest BCUT2D eigenvalue weighted by Crippen LogP contribution is 2.38. The Morgan fingerprint density at radius 3 is 2.02 bits per heavy atom. The molecule has 0 bridgehead atoms. The summed E-state index contributed by atoms with van der Waals surface area (Å²) in [7, 11) is 0. The van der Waals surface area contributed by atoms with Crippen molar-refractivity contribution in [2.24, 2.45) is 0 Å². The molecule has 7 aromatic carbocycles. The van der Waals surface area contributed by atoms with Crippen LogP contribution in [0, 0.1) is 0 Å². The lowest BCUT2D eigenvalue weighted by Gasteiger charge is -2.10. The van der Waals surface area contributed by atoms with Crippen LogP contribution in [0.5, 0.6) is 0 Å². The standard InChI is InChI=1S/C45H28N2O/c1-4-13-40-31(8-1)22-26-41(46-40)32-18-16-29(17-19-32)33-23-27-43-39(28-33)36-9-2-5-14-42(36)47(43)34-24-20-30(21-25-34)35-11-7-12-38-37-10-3-6-15-44(37)48-45(35)38/h1-28H. The Bertz CT molecular complexity index is 2820. The van der Waals surface area contributed by atoms with E-state index in [1.807, 2.05) is 24.3 Å². The molecular formula is C45H28N2O. The van der Waals surface area contributed by atoms with Crippen molar-refractivity contribution < 1.29 is 4.42 Å². The topological polar surface area (TPSA) is 31.0 Å². The van der Waals surface area contributed by atoms with Crippen LogP contribution in [-0.4, -0.2) is 9.55 Å². The average Bonchev–Trinajstić information content (AvgIpc) is 3.70. The lowest BCUT2D eigenvalue weighted by atomic mass is 10.0. The largest absolute Gasteiger partial charge is 0.455 e. The number of rotatable bonds is 4. The maximum absolute atomic E-state index is 6.34. The summed E-state index contributed by atoms with van der Waals surface area (Å²) in [4.78, 5) is 4.89. The third-order valence-electron chi connectivity index (χ3n) is 9.63. The van der Waals surface area contributed by atoms with E-state index in [0.717, 1.165) is 60.9 Å². The molecular weight excluding hydrogens is 585 g/mol. The minimum atomic E-state index is 0.916. The van der Waals surface area contributed by atoms with Gasteiger partial charge in [0.1, 0.15) is 11.2 Å². The van der Waals surface area contributed by atoms with Crippen LogP contribution in [0.15, 0.2) is 174 Å². The van der Waals surface area contributed by atoms with E-state index in [1.54, 1.807) is 0 Å². The summed E-state index contributed by atoms with van der Waals surface area (Å²) in [6.07, 6.45) is 0. The molecule has 0 aliphatic rings. The molecule has 0 atom stereocenters. The van der Waals surface area contributed by atoms with Crippen molar-refractivity contribution in [1.82, 2.24) is 9.55 Å². The zero-order valence-electron chi connectivity index (χ0n) is 26.0. The van der Waals surface area contributed by atoms with E-state index in [1.165, 1.54) is 32.9 Å². The normalized spacial score (nSPS) is 11.8. The summed E-state index contributed by atoms with van der Waals surface area (Å²) in [5.74, 6) is 0. The zero-order valence-corrected chi connectivity index (χ0v) is 26.0. The molecule has 3 aromatic heterocycles. The first-order valence-electron chi connectivity index (χ1n) is 16.3. The Morgan fingerprint density at radius 2 is 1.12 bits per heavy atom. The van der Waals surface area contributed by atoms with Crippen LogP contribution in [-0.2, 0) is 0 Å². The predicted molar refractivity (Wildman–Crippen MR) is 200 cm³/mol. The second kappa shape index (κ2) is 10.5. The van der Waals surface area contributed by atoms with Gasteiger partial charge in [0, 0.05) is 43.7 Å². The molecule has 10 aromatic rings. The van der Waals surface area contributed by atoms with Gasteiger partial charge in [-0.15, -0.1) is 0 Å². The van der Waals surface area contributed by atoms with Crippen molar-refractivity contribution in [2.75, 3.05) is 0 Å². The third-order valence-corrected chi connectivity index (χ3v) is 9.63. The summed E-state index contributed by atoms with van der Waals surface area (Å²) in [6, 6.07) is 60.2. The molecule has 3 heteroatoms. The van der Waals surface area contributed by atoms with Gasteiger partial charge in [0.2, 0.25) is 0 Å². The maximum atomic E-state index is 6.34. The third kappa shape index (κ3) is 4.18. The molecule has 224 valence electrons. The molecule has 0 radical (unpaired) electrons. The summed E-state index contributed by atoms with van der Waals surface area (Å²) < 4.78 is 8.71. The Kier molecular flexibility index (Phi) is 5.87. The molecule has 0 aliphatic heterocycles. The first kappa shape index (κ1) is 26.7. The van der Waals surface area contributed by atoms with Gasteiger partial charge in [0.05, 0.1) is 22.2 Å². The molecule has 0 saturated carbocycles. The molecule has 3 nitrogen and oxygen atoms in total. The molecule has 0 aliphatic carbocycles. The number of hydrogen-bond acceptors (Lipinski definition) is 2. The Labute approximate surface area is 277 Å². The molecule has 0 fully saturated rings. The molecule has 3 heterocycles. The number of hydrogen-bond donors (Lipinski definition) is 0. The fourth-order valence-electron chi connectivity index (χ4n) is 7.26. The SMILES string of the molecule is c1ccc2nc(-c3ccc(-c4ccc5c(c4)c4ccccc4n5-c4ccc(-c5cccc6c5oc5ccccc56)cc4)cc3)ccc2c1. The van der Waals surface area contributed by atoms with Crippen molar-refractivity contribution in [2.45, 2.75) is 0 Å². The molecule has 0 amide bonds. The molecule has 10 rings (SSSR count). The second-order valence-corrected chi connectivity index (χ2v) is 12.4. The molecule has 0 spiro atoms. The van der Waals surface area contributed by atoms with Crippen molar-refractivity contribution in [3.8, 4) is 39.2 Å². The van der Waals surface area contributed by atoms with Crippen LogP contribution in [0.2, 0.25) is 0 Å². The van der Waals surface area contributed by atoms with Gasteiger partial charge in [0.25, 0.3) is 0 Å². The van der Waals surface area contributed by atoms with Crippen molar-refractivity contribution >= 4 is 54.6 Å². The maximum Gasteiger partial charge on any atom is 0.143 e. The lowest BCUT2D eigenvalue weighted by molar-refractivity contribution is 0.670. The van der Waals surface area contributed by atoms with Crippen LogP contribution in [0.3, 0.4) is 0 Å². The summed E-state index contributed by atoms with van der Waals surface area (Å²) in [5, 5.41) is 5.92. The number of benzene rings is 7. The van der Waals surface area contributed by atoms with Gasteiger partial charge in [-0.25, -0.2) is 4.98 Å². The van der Waals surface area contributed by atoms with Crippen LogP contribution < -0.4 is 0 Å². The van der Waals surface area contributed by atoms with E-state index < -0.39 is 0 Å². The highest BCUT2D eigenvalue weighted by atomic mass is 16.3. The molecule has 0 saturated heterocycles. The quantitative estimate of drug-likeness (QED) is 0.198. The van der Waals surface area contributed by atoms with Crippen LogP contribution in [0.25, 0.3) is 93.8 Å². The number of fused-ring (bicyclic) bond motifs is 7. The van der Waals surface area contributed by atoms with Crippen LogP contribution in [0.4, 0.5) is 0 Å². The summed E-state index contributed by atoms with van der Waals surface area (Å²) in [6.45, 7) is 0. The highest BCUT2D eigenvalue weighted by molar-refractivity contribution is 6.11. The summed E-state index contributed by atoms with van der Waals surface area (Å²) in [5.41, 5.74) is 13.1. The molecule has 48 heavy (non-hydrogen) atoms. The predicted octanol–water partition coefficient (Wildman–Crippen LogP) is 12.2. The van der Waals surface area contributed by atoms with Gasteiger partial charge in [-0.1, -0.05) is 121 Å². The van der Waals surface area contributed by atoms with Gasteiger partial charge in [-0.3, -0.25) is 0 Å². The monoisotopic (exact) mass is 612 g/mol. The smallest absolute Gasteiger partial charge is 0.143 e. The molecule has 0 N–H and O–H groups in total. The highest BCUT2D eigenvalue weighted by Gasteiger charge is 2.15. The van der Waals surface area contributed by atoms with Gasteiger partial charge in [0.15, 0.2) is 0 Å². The fraction of sp³-hybridized carbons (Fsp3) is 0. The number of para-hydroxylation sites is 4. The van der Waals surface area contributed by atoms with E-state index in [-0.39, 0.29) is 0 Å². The molecule has 0 unspecified atom stereocenters. The van der Waals surface area contributed by atoms with E-state index in [2.05, 4.69) is 150 Å². The van der Waals surface area contributed by atoms with E-state index in [4.69, 9.17) is 9.40 Å². The van der Waals surface area contributed by atoms with Crippen molar-refractivity contribution in [3.63, 3.8) is 0 Å².